The van der Waals surface area contributed by atoms with Crippen molar-refractivity contribution >= 4 is 21.8 Å². The molecule has 154 valence electrons. The van der Waals surface area contributed by atoms with E-state index in [1.165, 1.54) is 19.2 Å². The minimum absolute atomic E-state index is 0.138. The molecule has 10 heteroatoms. The number of aromatic nitrogens is 1. The van der Waals surface area contributed by atoms with Gasteiger partial charge in [-0.05, 0) is 50.1 Å². The molecular formula is C19H19F2N3O4S. The molecule has 0 aliphatic carbocycles. The number of nitrogens with one attached hydrogen (secondary N) is 1. The average molecular weight is 423 g/mol. The molecule has 1 unspecified atom stereocenters. The third kappa shape index (κ3) is 4.12. The number of nitrogens with zero attached hydrogens (tertiary/aromatic N) is 2. The molecule has 2 aromatic rings. The lowest BCUT2D eigenvalue weighted by Crippen LogP contribution is -2.68. The van der Waals surface area contributed by atoms with Crippen LogP contribution in [0.3, 0.4) is 0 Å². The third-order valence-electron chi connectivity index (χ3n) is 4.94. The first-order valence-electron chi connectivity index (χ1n) is 8.77. The van der Waals surface area contributed by atoms with Gasteiger partial charge in [-0.1, -0.05) is 6.07 Å². The zero-order valence-corrected chi connectivity index (χ0v) is 16.6. The first kappa shape index (κ1) is 20.8. The molecule has 1 aliphatic rings. The molecule has 0 saturated carbocycles. The number of amides is 2. The molecule has 1 saturated heterocycles. The van der Waals surface area contributed by atoms with Crippen LogP contribution in [0.5, 0.6) is 0 Å². The van der Waals surface area contributed by atoms with E-state index in [4.69, 9.17) is 0 Å². The quantitative estimate of drug-likeness (QED) is 0.790. The van der Waals surface area contributed by atoms with Crippen LogP contribution in [0.1, 0.15) is 24.5 Å². The molecule has 2 amide bonds. The van der Waals surface area contributed by atoms with Crippen LogP contribution in [0.25, 0.3) is 0 Å². The van der Waals surface area contributed by atoms with Gasteiger partial charge in [0.25, 0.3) is 15.9 Å². The number of halogens is 2. The number of aryl methyl sites for hydroxylation is 1. The van der Waals surface area contributed by atoms with E-state index in [0.29, 0.717) is 0 Å². The Labute approximate surface area is 166 Å². The van der Waals surface area contributed by atoms with Crippen LogP contribution in [-0.4, -0.2) is 42.2 Å². The van der Waals surface area contributed by atoms with Gasteiger partial charge in [-0.2, -0.15) is 8.42 Å². The maximum atomic E-state index is 13.8. The number of likely N-dealkylation sites (tertiary alicyclic amines) is 1. The van der Waals surface area contributed by atoms with Crippen molar-refractivity contribution in [1.29, 1.82) is 0 Å². The van der Waals surface area contributed by atoms with Gasteiger partial charge >= 0.3 is 0 Å². The van der Waals surface area contributed by atoms with Crippen LogP contribution < -0.4 is 4.72 Å². The van der Waals surface area contributed by atoms with E-state index in [0.717, 1.165) is 28.7 Å². The van der Waals surface area contributed by atoms with Crippen molar-refractivity contribution < 1.29 is 26.8 Å². The van der Waals surface area contributed by atoms with Crippen molar-refractivity contribution in [3.63, 3.8) is 0 Å². The summed E-state index contributed by atoms with van der Waals surface area (Å²) in [5.74, 6) is -2.92. The molecule has 0 radical (unpaired) electrons. The van der Waals surface area contributed by atoms with Gasteiger partial charge in [0, 0.05) is 18.3 Å². The molecule has 0 spiro atoms. The van der Waals surface area contributed by atoms with E-state index in [1.807, 2.05) is 4.72 Å². The Morgan fingerprint density at radius 1 is 1.24 bits per heavy atom. The summed E-state index contributed by atoms with van der Waals surface area (Å²) >= 11 is 0. The van der Waals surface area contributed by atoms with Crippen LogP contribution in [0, 0.1) is 18.6 Å². The Morgan fingerprint density at radius 2 is 1.97 bits per heavy atom. The van der Waals surface area contributed by atoms with Crippen LogP contribution in [0.4, 0.5) is 8.78 Å². The minimum atomic E-state index is -4.21. The zero-order chi connectivity index (χ0) is 21.4. The summed E-state index contributed by atoms with van der Waals surface area (Å²) in [5, 5.41) is -0.320. The molecule has 2 heterocycles. The number of carbonyl (C=O) groups is 2. The Bertz CT molecular complexity index is 1070. The first-order chi connectivity index (χ1) is 13.5. The second kappa shape index (κ2) is 7.51. The topological polar surface area (TPSA) is 96.4 Å². The lowest BCUT2D eigenvalue weighted by molar-refractivity contribution is -0.156. The van der Waals surface area contributed by atoms with Crippen LogP contribution in [0.2, 0.25) is 0 Å². The summed E-state index contributed by atoms with van der Waals surface area (Å²) in [5.41, 5.74) is -0.803. The molecular weight excluding hydrogens is 404 g/mol. The lowest BCUT2D eigenvalue weighted by atomic mass is 9.85. The van der Waals surface area contributed by atoms with E-state index in [-0.39, 0.29) is 23.6 Å². The molecule has 1 aliphatic heterocycles. The lowest BCUT2D eigenvalue weighted by Gasteiger charge is -2.48. The third-order valence-corrected chi connectivity index (χ3v) is 6.19. The van der Waals surface area contributed by atoms with Gasteiger partial charge in [-0.3, -0.25) is 9.59 Å². The van der Waals surface area contributed by atoms with Gasteiger partial charge in [0.2, 0.25) is 5.91 Å². The number of hydrogen-bond donors (Lipinski definition) is 1. The number of pyridine rings is 1. The summed E-state index contributed by atoms with van der Waals surface area (Å²) in [6.07, 6.45) is 1.14. The molecule has 1 aromatic carbocycles. The molecule has 1 aromatic heterocycles. The molecule has 3 rings (SSSR count). The summed E-state index contributed by atoms with van der Waals surface area (Å²) in [4.78, 5) is 30.1. The second-order valence-electron chi connectivity index (χ2n) is 7.09. The highest BCUT2D eigenvalue weighted by molar-refractivity contribution is 7.90. The molecule has 7 nitrogen and oxygen atoms in total. The number of rotatable bonds is 5. The van der Waals surface area contributed by atoms with Crippen molar-refractivity contribution in [3.8, 4) is 0 Å². The fourth-order valence-corrected chi connectivity index (χ4v) is 4.04. The molecule has 0 bridgehead atoms. The monoisotopic (exact) mass is 423 g/mol. The van der Waals surface area contributed by atoms with E-state index < -0.39 is 45.4 Å². The number of sulfonamides is 1. The van der Waals surface area contributed by atoms with Crippen LogP contribution >= 0.6 is 0 Å². The maximum Gasteiger partial charge on any atom is 0.281 e. The van der Waals surface area contributed by atoms with Crippen molar-refractivity contribution in [2.45, 2.75) is 37.3 Å². The minimum Gasteiger partial charge on any atom is -0.328 e. The largest absolute Gasteiger partial charge is 0.328 e. The SMILES string of the molecule is Cc1ccc(S(=O)(=O)NC(=O)C2(C)CCN2C(=O)Cc2cc(F)ccc2F)nc1. The van der Waals surface area contributed by atoms with Gasteiger partial charge in [0.05, 0.1) is 6.42 Å². The van der Waals surface area contributed by atoms with Crippen molar-refractivity contribution in [2.24, 2.45) is 0 Å². The Hall–Kier alpha value is -2.88. The average Bonchev–Trinajstić information content (AvgIpc) is 2.63. The molecule has 1 atom stereocenters. The highest BCUT2D eigenvalue weighted by Gasteiger charge is 2.50. The van der Waals surface area contributed by atoms with Gasteiger partial charge in [-0.15, -0.1) is 0 Å². The van der Waals surface area contributed by atoms with Gasteiger partial charge < -0.3 is 4.90 Å². The Morgan fingerprint density at radius 3 is 2.55 bits per heavy atom. The second-order valence-corrected chi connectivity index (χ2v) is 8.72. The smallest absolute Gasteiger partial charge is 0.281 e. The highest BCUT2D eigenvalue weighted by atomic mass is 32.2. The Kier molecular flexibility index (Phi) is 5.40. The predicted octanol–water partition coefficient (Wildman–Crippen LogP) is 1.71. The number of hydrogen-bond acceptors (Lipinski definition) is 5. The molecule has 1 fully saturated rings. The maximum absolute atomic E-state index is 13.8. The molecule has 1 N–H and O–H groups in total. The fraction of sp³-hybridized carbons (Fsp3) is 0.316. The number of benzene rings is 1. The highest BCUT2D eigenvalue weighted by Crippen LogP contribution is 2.32. The van der Waals surface area contributed by atoms with Crippen LogP contribution in [0.15, 0.2) is 41.6 Å². The summed E-state index contributed by atoms with van der Waals surface area (Å²) < 4.78 is 53.9. The number of carbonyl (C=O) groups excluding carboxylic acids is 2. The van der Waals surface area contributed by atoms with E-state index in [9.17, 15) is 26.8 Å². The van der Waals surface area contributed by atoms with E-state index in [1.54, 1.807) is 13.0 Å². The van der Waals surface area contributed by atoms with Gasteiger partial charge in [-0.25, -0.2) is 18.5 Å². The fourth-order valence-electron chi connectivity index (χ4n) is 3.03. The van der Waals surface area contributed by atoms with Crippen molar-refractivity contribution in [3.05, 3.63) is 59.3 Å². The van der Waals surface area contributed by atoms with Gasteiger partial charge in [0.1, 0.15) is 17.2 Å². The molecule has 29 heavy (non-hydrogen) atoms. The summed E-state index contributed by atoms with van der Waals surface area (Å²) in [7, 11) is -4.21. The van der Waals surface area contributed by atoms with Crippen molar-refractivity contribution in [2.75, 3.05) is 6.54 Å². The normalized spacial score (nSPS) is 18.8. The Balaban J connectivity index is 1.74. The predicted molar refractivity (Wildman–Crippen MR) is 99.1 cm³/mol. The van der Waals surface area contributed by atoms with Gasteiger partial charge in [0.15, 0.2) is 5.03 Å². The standard InChI is InChI=1S/C19H19F2N3O4S/c1-12-3-6-16(22-11-12)29(27,28)23-18(26)19(2)7-8-24(19)17(25)10-13-9-14(20)4-5-15(13)21/h3-6,9,11H,7-8,10H2,1-2H3,(H,23,26). The van der Waals surface area contributed by atoms with Crippen LogP contribution in [-0.2, 0) is 26.0 Å². The summed E-state index contributed by atoms with van der Waals surface area (Å²) in [6, 6.07) is 5.58. The van der Waals surface area contributed by atoms with Crippen molar-refractivity contribution in [1.82, 2.24) is 14.6 Å². The van der Waals surface area contributed by atoms with E-state index in [2.05, 4.69) is 4.98 Å². The van der Waals surface area contributed by atoms with E-state index >= 15 is 0 Å². The zero-order valence-electron chi connectivity index (χ0n) is 15.8. The first-order valence-corrected chi connectivity index (χ1v) is 10.3. The summed E-state index contributed by atoms with van der Waals surface area (Å²) in [6.45, 7) is 3.36.